The van der Waals surface area contributed by atoms with Gasteiger partial charge in [-0.1, -0.05) is 47.0 Å². The van der Waals surface area contributed by atoms with E-state index < -0.39 is 5.97 Å². The Morgan fingerprint density at radius 1 is 0.969 bits per heavy atom. The van der Waals surface area contributed by atoms with Gasteiger partial charge in [0, 0.05) is 6.42 Å². The van der Waals surface area contributed by atoms with E-state index in [4.69, 9.17) is 5.11 Å². The summed E-state index contributed by atoms with van der Waals surface area (Å²) in [5, 5.41) is 31.2. The molecular formula is C28H48O4. The lowest BCUT2D eigenvalue weighted by atomic mass is 9.41. The van der Waals surface area contributed by atoms with Crippen molar-refractivity contribution in [1.82, 2.24) is 0 Å². The van der Waals surface area contributed by atoms with E-state index in [-0.39, 0.29) is 17.6 Å². The summed E-state index contributed by atoms with van der Waals surface area (Å²) in [6.07, 6.45) is 11.8. The molecular weight excluding hydrogens is 400 g/mol. The molecule has 4 nitrogen and oxygen atoms in total. The smallest absolute Gasteiger partial charge is 0.303 e. The van der Waals surface area contributed by atoms with Gasteiger partial charge in [0.1, 0.15) is 0 Å². The predicted octanol–water partition coefficient (Wildman–Crippen LogP) is 5.89. The Bertz CT molecular complexity index is 678. The molecule has 0 aliphatic heterocycles. The number of carbonyl (C=O) groups is 1. The van der Waals surface area contributed by atoms with Gasteiger partial charge in [-0.25, -0.2) is 0 Å². The molecule has 11 atom stereocenters. The number of hydrogen-bond donors (Lipinski definition) is 3. The van der Waals surface area contributed by atoms with Crippen LogP contribution >= 0.6 is 0 Å². The van der Waals surface area contributed by atoms with E-state index >= 15 is 0 Å². The van der Waals surface area contributed by atoms with Crippen LogP contribution in [-0.2, 0) is 4.79 Å². The van der Waals surface area contributed by atoms with Gasteiger partial charge in [0.05, 0.1) is 12.2 Å². The molecule has 0 saturated heterocycles. The minimum absolute atomic E-state index is 0.183. The van der Waals surface area contributed by atoms with Crippen LogP contribution in [0.3, 0.4) is 0 Å². The van der Waals surface area contributed by atoms with E-state index in [1.54, 1.807) is 0 Å². The number of rotatable bonds is 7. The first-order valence-corrected chi connectivity index (χ1v) is 13.7. The van der Waals surface area contributed by atoms with Crippen LogP contribution in [0.4, 0.5) is 0 Å². The van der Waals surface area contributed by atoms with Crippen molar-refractivity contribution < 1.29 is 20.1 Å². The maximum absolute atomic E-state index is 11.8. The maximum atomic E-state index is 11.8. The number of unbranched alkanes of at least 4 members (excludes halogenated alkanes) is 1. The zero-order valence-electron chi connectivity index (χ0n) is 20.9. The second kappa shape index (κ2) is 9.21. The first-order chi connectivity index (χ1) is 15.1. The predicted molar refractivity (Wildman–Crippen MR) is 127 cm³/mol. The Morgan fingerprint density at radius 3 is 2.34 bits per heavy atom. The van der Waals surface area contributed by atoms with Gasteiger partial charge in [0.25, 0.3) is 0 Å². The van der Waals surface area contributed by atoms with E-state index in [0.29, 0.717) is 53.3 Å². The summed E-state index contributed by atoms with van der Waals surface area (Å²) in [5.41, 5.74) is 0.579. The minimum atomic E-state index is -0.678. The summed E-state index contributed by atoms with van der Waals surface area (Å²) in [6, 6.07) is 0. The monoisotopic (exact) mass is 448 g/mol. The molecule has 4 fully saturated rings. The molecule has 0 heterocycles. The first kappa shape index (κ1) is 24.5. The van der Waals surface area contributed by atoms with Gasteiger partial charge in [-0.05, 0) is 104 Å². The third kappa shape index (κ3) is 3.96. The zero-order chi connectivity index (χ0) is 23.3. The highest BCUT2D eigenvalue weighted by molar-refractivity contribution is 5.66. The fraction of sp³-hybridized carbons (Fsp3) is 0.964. The van der Waals surface area contributed by atoms with E-state index in [9.17, 15) is 15.0 Å². The van der Waals surface area contributed by atoms with E-state index in [1.165, 1.54) is 25.7 Å². The number of carboxylic acid groups (broad SMARTS) is 1. The number of fused-ring (bicyclic) bond motifs is 5. The Hall–Kier alpha value is -0.610. The van der Waals surface area contributed by atoms with Crippen LogP contribution in [0.1, 0.15) is 105 Å². The molecule has 3 N–H and O–H groups in total. The topological polar surface area (TPSA) is 77.8 Å². The number of aliphatic hydroxyl groups is 2. The van der Waals surface area contributed by atoms with Gasteiger partial charge in [0.15, 0.2) is 0 Å². The van der Waals surface area contributed by atoms with Crippen LogP contribution in [0, 0.1) is 52.3 Å². The minimum Gasteiger partial charge on any atom is -0.481 e. The van der Waals surface area contributed by atoms with Crippen molar-refractivity contribution >= 4 is 5.97 Å². The van der Waals surface area contributed by atoms with Crippen LogP contribution in [0.15, 0.2) is 0 Å². The quantitative estimate of drug-likeness (QED) is 0.424. The van der Waals surface area contributed by atoms with Gasteiger partial charge in [-0.15, -0.1) is 0 Å². The number of hydrogen-bond acceptors (Lipinski definition) is 3. The molecule has 0 radical (unpaired) electrons. The molecule has 4 aliphatic rings. The van der Waals surface area contributed by atoms with Gasteiger partial charge >= 0.3 is 5.97 Å². The van der Waals surface area contributed by atoms with Crippen molar-refractivity contribution in [2.45, 2.75) is 117 Å². The van der Waals surface area contributed by atoms with Crippen LogP contribution in [0.2, 0.25) is 0 Å². The molecule has 4 rings (SSSR count). The first-order valence-electron chi connectivity index (χ1n) is 13.7. The molecule has 0 aromatic heterocycles. The van der Waals surface area contributed by atoms with Crippen LogP contribution in [0.25, 0.3) is 0 Å². The molecule has 32 heavy (non-hydrogen) atoms. The second-order valence-electron chi connectivity index (χ2n) is 12.7. The summed E-state index contributed by atoms with van der Waals surface area (Å²) >= 11 is 0. The fourth-order valence-corrected chi connectivity index (χ4v) is 9.88. The van der Waals surface area contributed by atoms with Crippen molar-refractivity contribution in [2.75, 3.05) is 0 Å². The van der Waals surface area contributed by atoms with Crippen LogP contribution in [0.5, 0.6) is 0 Å². The molecule has 0 bridgehead atoms. The van der Waals surface area contributed by atoms with E-state index in [0.717, 1.165) is 44.9 Å². The summed E-state index contributed by atoms with van der Waals surface area (Å²) in [6.45, 7) is 9.69. The second-order valence-corrected chi connectivity index (χ2v) is 12.7. The lowest BCUT2D eigenvalue weighted by Gasteiger charge is -2.64. The van der Waals surface area contributed by atoms with Gasteiger partial charge in [-0.3, -0.25) is 4.79 Å². The average molecular weight is 449 g/mol. The summed E-state index contributed by atoms with van der Waals surface area (Å²) in [4.78, 5) is 10.9. The molecule has 4 saturated carbocycles. The van der Waals surface area contributed by atoms with Crippen molar-refractivity contribution in [3.8, 4) is 0 Å². The van der Waals surface area contributed by atoms with Crippen LogP contribution < -0.4 is 0 Å². The molecule has 0 aromatic rings. The standard InChI is InChI=1S/C28H48O4/c1-5-19-23-16-18(29)12-14-28(23,4)22-13-15-27(3)20(10-11-21(27)25(22)26(19)32)17(2)8-6-7-9-24(30)31/h17-23,25-26,29,32H,5-16H2,1-4H3,(H,30,31)/t17-,18-,19-,20-,21?,22?,23+,25?,26-,27-,28-/m1/s1. The van der Waals surface area contributed by atoms with Gasteiger partial charge in [0.2, 0.25) is 0 Å². The van der Waals surface area contributed by atoms with Crippen molar-refractivity contribution in [3.05, 3.63) is 0 Å². The normalized spacial score (nSPS) is 49.1. The summed E-state index contributed by atoms with van der Waals surface area (Å²) in [7, 11) is 0. The fourth-order valence-electron chi connectivity index (χ4n) is 9.88. The SMILES string of the molecule is CC[C@H]1[C@@H](O)C2C3CC[C@H]([C@H](C)CCCCC(=O)O)[C@@]3(C)CCC2[C@@]2(C)CC[C@@H](O)C[C@@H]12. The highest BCUT2D eigenvalue weighted by atomic mass is 16.4. The van der Waals surface area contributed by atoms with E-state index in [1.807, 2.05) is 0 Å². The summed E-state index contributed by atoms with van der Waals surface area (Å²) in [5.74, 6) is 3.06. The number of aliphatic hydroxyl groups excluding tert-OH is 2. The maximum Gasteiger partial charge on any atom is 0.303 e. The molecule has 3 unspecified atom stereocenters. The molecule has 0 amide bonds. The van der Waals surface area contributed by atoms with Gasteiger partial charge in [-0.2, -0.15) is 0 Å². The Kier molecular flexibility index (Phi) is 7.05. The van der Waals surface area contributed by atoms with Crippen molar-refractivity contribution in [1.29, 1.82) is 0 Å². The van der Waals surface area contributed by atoms with Crippen molar-refractivity contribution in [3.63, 3.8) is 0 Å². The molecule has 0 spiro atoms. The molecule has 4 aliphatic carbocycles. The highest BCUT2D eigenvalue weighted by Gasteiger charge is 2.64. The lowest BCUT2D eigenvalue weighted by Crippen LogP contribution is -2.62. The zero-order valence-corrected chi connectivity index (χ0v) is 20.9. The number of aliphatic carboxylic acids is 1. The average Bonchev–Trinajstić information content (AvgIpc) is 3.09. The van der Waals surface area contributed by atoms with Crippen LogP contribution in [-0.4, -0.2) is 33.5 Å². The Labute approximate surface area is 195 Å². The van der Waals surface area contributed by atoms with Crippen molar-refractivity contribution in [2.24, 2.45) is 52.3 Å². The third-order valence-corrected chi connectivity index (χ3v) is 11.5. The highest BCUT2D eigenvalue weighted by Crippen LogP contribution is 2.69. The largest absolute Gasteiger partial charge is 0.481 e. The number of carboxylic acids is 1. The van der Waals surface area contributed by atoms with E-state index in [2.05, 4.69) is 27.7 Å². The molecule has 4 heteroatoms. The lowest BCUT2D eigenvalue weighted by molar-refractivity contribution is -0.203. The molecule has 184 valence electrons. The Morgan fingerprint density at radius 2 is 1.66 bits per heavy atom. The molecule has 0 aromatic carbocycles. The summed E-state index contributed by atoms with van der Waals surface area (Å²) < 4.78 is 0. The third-order valence-electron chi connectivity index (χ3n) is 11.5. The van der Waals surface area contributed by atoms with Gasteiger partial charge < -0.3 is 15.3 Å². The Balaban J connectivity index is 1.53.